The highest BCUT2D eigenvalue weighted by molar-refractivity contribution is 9.10. The Hall–Kier alpha value is -1.47. The van der Waals surface area contributed by atoms with Crippen LogP contribution in [-0.4, -0.2) is 10.9 Å². The molecule has 0 aliphatic rings. The number of halogens is 2. The van der Waals surface area contributed by atoms with Crippen molar-refractivity contribution in [3.8, 4) is 0 Å². The molecule has 0 spiro atoms. The van der Waals surface area contributed by atoms with E-state index in [-0.39, 0.29) is 17.6 Å². The third-order valence-corrected chi connectivity index (χ3v) is 4.49. The number of aryl methyl sites for hydroxylation is 1. The van der Waals surface area contributed by atoms with Crippen LogP contribution >= 0.6 is 27.3 Å². The highest BCUT2D eigenvalue weighted by atomic mass is 79.9. The van der Waals surface area contributed by atoms with Gasteiger partial charge in [-0.25, -0.2) is 9.37 Å². The number of nitrogens with two attached hydrogens (primary N) is 1. The van der Waals surface area contributed by atoms with Crippen LogP contribution in [0.25, 0.3) is 0 Å². The highest BCUT2D eigenvalue weighted by Gasteiger charge is 2.17. The smallest absolute Gasteiger partial charge is 0.253 e. The molecule has 20 heavy (non-hydrogen) atoms. The van der Waals surface area contributed by atoms with Crippen LogP contribution in [0.4, 0.5) is 10.1 Å². The van der Waals surface area contributed by atoms with Crippen LogP contribution < -0.4 is 11.1 Å². The SMILES string of the molecule is Cc1csc(C(C)NC(=O)c2cc(N)c(F)cc2Br)n1. The Kier molecular flexibility index (Phi) is 4.39. The lowest BCUT2D eigenvalue weighted by molar-refractivity contribution is 0.0939. The molecule has 0 bridgehead atoms. The summed E-state index contributed by atoms with van der Waals surface area (Å²) in [6.07, 6.45) is 0. The van der Waals surface area contributed by atoms with E-state index in [1.165, 1.54) is 23.5 Å². The minimum atomic E-state index is -0.558. The van der Waals surface area contributed by atoms with Crippen molar-refractivity contribution in [1.29, 1.82) is 0 Å². The molecule has 106 valence electrons. The largest absolute Gasteiger partial charge is 0.396 e. The van der Waals surface area contributed by atoms with E-state index >= 15 is 0 Å². The zero-order valence-corrected chi connectivity index (χ0v) is 13.3. The topological polar surface area (TPSA) is 68.0 Å². The molecule has 0 fully saturated rings. The number of anilines is 1. The van der Waals surface area contributed by atoms with Crippen molar-refractivity contribution in [1.82, 2.24) is 10.3 Å². The van der Waals surface area contributed by atoms with E-state index in [1.54, 1.807) is 0 Å². The van der Waals surface area contributed by atoms with E-state index < -0.39 is 5.82 Å². The third kappa shape index (κ3) is 3.16. The zero-order valence-electron chi connectivity index (χ0n) is 10.9. The quantitative estimate of drug-likeness (QED) is 0.826. The van der Waals surface area contributed by atoms with E-state index in [1.807, 2.05) is 19.2 Å². The second-order valence-corrected chi connectivity index (χ2v) is 6.12. The lowest BCUT2D eigenvalue weighted by atomic mass is 10.1. The zero-order chi connectivity index (χ0) is 14.9. The Morgan fingerprint density at radius 3 is 2.85 bits per heavy atom. The van der Waals surface area contributed by atoms with Gasteiger partial charge in [-0.2, -0.15) is 0 Å². The lowest BCUT2D eigenvalue weighted by Gasteiger charge is -2.13. The summed E-state index contributed by atoms with van der Waals surface area (Å²) in [5.41, 5.74) is 6.64. The van der Waals surface area contributed by atoms with Gasteiger partial charge in [-0.05, 0) is 41.9 Å². The predicted molar refractivity (Wildman–Crippen MR) is 81.2 cm³/mol. The van der Waals surface area contributed by atoms with Gasteiger partial charge in [0.25, 0.3) is 5.91 Å². The number of nitrogen functional groups attached to an aromatic ring is 1. The summed E-state index contributed by atoms with van der Waals surface area (Å²) >= 11 is 4.65. The average molecular weight is 358 g/mol. The number of benzene rings is 1. The van der Waals surface area contributed by atoms with Gasteiger partial charge < -0.3 is 11.1 Å². The van der Waals surface area contributed by atoms with Crippen LogP contribution in [-0.2, 0) is 0 Å². The molecule has 1 aromatic carbocycles. The van der Waals surface area contributed by atoms with Crippen LogP contribution in [0.2, 0.25) is 0 Å². The van der Waals surface area contributed by atoms with Gasteiger partial charge in [-0.1, -0.05) is 0 Å². The summed E-state index contributed by atoms with van der Waals surface area (Å²) in [6, 6.07) is 2.27. The number of nitrogens with zero attached hydrogens (tertiary/aromatic N) is 1. The molecule has 0 aliphatic heterocycles. The molecule has 1 aromatic heterocycles. The first kappa shape index (κ1) is 14.9. The standard InChI is InChI=1S/C13H13BrFN3OS/c1-6-5-20-13(17-6)7(2)18-12(19)8-3-11(16)10(15)4-9(8)14/h3-5,7H,16H2,1-2H3,(H,18,19). The molecule has 1 unspecified atom stereocenters. The van der Waals surface area contributed by atoms with Gasteiger partial charge in [0.2, 0.25) is 0 Å². The van der Waals surface area contributed by atoms with Crippen molar-refractivity contribution >= 4 is 38.9 Å². The number of nitrogens with one attached hydrogen (secondary N) is 1. The van der Waals surface area contributed by atoms with Crippen LogP contribution in [0.5, 0.6) is 0 Å². The summed E-state index contributed by atoms with van der Waals surface area (Å²) in [4.78, 5) is 16.5. The van der Waals surface area contributed by atoms with E-state index in [0.717, 1.165) is 10.7 Å². The summed E-state index contributed by atoms with van der Waals surface area (Å²) in [6.45, 7) is 3.74. The normalized spacial score (nSPS) is 12.2. The third-order valence-electron chi connectivity index (χ3n) is 2.69. The van der Waals surface area contributed by atoms with Crippen LogP contribution in [0.3, 0.4) is 0 Å². The molecular weight excluding hydrogens is 345 g/mol. The van der Waals surface area contributed by atoms with Gasteiger partial charge in [0.1, 0.15) is 10.8 Å². The second kappa shape index (κ2) is 5.88. The Morgan fingerprint density at radius 1 is 1.55 bits per heavy atom. The summed E-state index contributed by atoms with van der Waals surface area (Å²) in [5.74, 6) is -0.888. The van der Waals surface area contributed by atoms with E-state index in [2.05, 4.69) is 26.2 Å². The molecule has 7 heteroatoms. The van der Waals surface area contributed by atoms with E-state index in [0.29, 0.717) is 10.0 Å². The Morgan fingerprint density at radius 2 is 2.25 bits per heavy atom. The number of hydrogen-bond acceptors (Lipinski definition) is 4. The van der Waals surface area contributed by atoms with Crippen molar-refractivity contribution in [2.24, 2.45) is 0 Å². The molecule has 2 aromatic rings. The van der Waals surface area contributed by atoms with Gasteiger partial charge in [-0.3, -0.25) is 4.79 Å². The van der Waals surface area contributed by atoms with Crippen LogP contribution in [0.1, 0.15) is 34.0 Å². The summed E-state index contributed by atoms with van der Waals surface area (Å²) < 4.78 is 13.6. The molecule has 1 heterocycles. The molecule has 2 rings (SSSR count). The maximum Gasteiger partial charge on any atom is 0.253 e. The van der Waals surface area contributed by atoms with Crippen LogP contribution in [0, 0.1) is 12.7 Å². The maximum absolute atomic E-state index is 13.3. The monoisotopic (exact) mass is 357 g/mol. The van der Waals surface area contributed by atoms with Crippen molar-refractivity contribution < 1.29 is 9.18 Å². The first-order valence-electron chi connectivity index (χ1n) is 5.86. The minimum absolute atomic E-state index is 0.0592. The minimum Gasteiger partial charge on any atom is -0.396 e. The molecule has 1 amide bonds. The molecule has 1 atom stereocenters. The number of carbonyl (C=O) groups is 1. The fourth-order valence-corrected chi connectivity index (χ4v) is 2.95. The Labute approximate surface area is 128 Å². The lowest BCUT2D eigenvalue weighted by Crippen LogP contribution is -2.27. The van der Waals surface area contributed by atoms with Gasteiger partial charge >= 0.3 is 0 Å². The number of amides is 1. The maximum atomic E-state index is 13.3. The highest BCUT2D eigenvalue weighted by Crippen LogP contribution is 2.24. The van der Waals surface area contributed by atoms with Gasteiger partial charge in [0.15, 0.2) is 0 Å². The van der Waals surface area contributed by atoms with Gasteiger partial charge in [-0.15, -0.1) is 11.3 Å². The van der Waals surface area contributed by atoms with Crippen LogP contribution in [0.15, 0.2) is 22.0 Å². The van der Waals surface area contributed by atoms with Gasteiger partial charge in [0, 0.05) is 15.5 Å². The molecule has 0 radical (unpaired) electrons. The summed E-state index contributed by atoms with van der Waals surface area (Å²) in [7, 11) is 0. The number of carbonyl (C=O) groups excluding carboxylic acids is 1. The van der Waals surface area contributed by atoms with Crippen molar-refractivity contribution in [3.05, 3.63) is 44.1 Å². The average Bonchev–Trinajstić information content (AvgIpc) is 2.80. The first-order chi connectivity index (χ1) is 9.38. The number of rotatable bonds is 3. The van der Waals surface area contributed by atoms with Crippen molar-refractivity contribution in [2.75, 3.05) is 5.73 Å². The summed E-state index contributed by atoms with van der Waals surface area (Å²) in [5, 5.41) is 5.56. The number of hydrogen-bond donors (Lipinski definition) is 2. The molecule has 0 aliphatic carbocycles. The first-order valence-corrected chi connectivity index (χ1v) is 7.53. The van der Waals surface area contributed by atoms with Crippen molar-refractivity contribution in [2.45, 2.75) is 19.9 Å². The van der Waals surface area contributed by atoms with E-state index in [4.69, 9.17) is 5.73 Å². The van der Waals surface area contributed by atoms with E-state index in [9.17, 15) is 9.18 Å². The molecule has 3 N–H and O–H groups in total. The molecular formula is C13H13BrFN3OS. The fourth-order valence-electron chi connectivity index (χ4n) is 1.65. The molecule has 0 saturated heterocycles. The fraction of sp³-hybridized carbons (Fsp3) is 0.231. The number of aromatic nitrogens is 1. The number of thiazole rings is 1. The second-order valence-electron chi connectivity index (χ2n) is 4.38. The predicted octanol–water partition coefficient (Wildman–Crippen LogP) is 3.43. The van der Waals surface area contributed by atoms with Gasteiger partial charge in [0.05, 0.1) is 17.3 Å². The molecule has 4 nitrogen and oxygen atoms in total. The Bertz CT molecular complexity index is 659. The van der Waals surface area contributed by atoms with Crippen molar-refractivity contribution in [3.63, 3.8) is 0 Å². The Balaban J connectivity index is 2.18. The molecule has 0 saturated carbocycles.